The molecule has 1 amide bonds. The number of carbonyl (C=O) groups excluding carboxylic acids is 1. The molecule has 0 saturated heterocycles. The first kappa shape index (κ1) is 22.9. The summed E-state index contributed by atoms with van der Waals surface area (Å²) in [5.41, 5.74) is 12.9. The number of nitrogens with zero attached hydrogens (tertiary/aromatic N) is 3. The highest BCUT2D eigenvalue weighted by Crippen LogP contribution is 2.23. The molecule has 3 rings (SSSR count). The number of fused-ring (bicyclic) bond motifs is 1. The Hall–Kier alpha value is -3.77. The quantitative estimate of drug-likeness (QED) is 0.244. The van der Waals surface area contributed by atoms with Crippen molar-refractivity contribution in [2.75, 3.05) is 11.9 Å². The van der Waals surface area contributed by atoms with Crippen LogP contribution in [-0.2, 0) is 11.3 Å². The summed E-state index contributed by atoms with van der Waals surface area (Å²) < 4.78 is 0. The van der Waals surface area contributed by atoms with E-state index in [-0.39, 0.29) is 17.5 Å². The number of carbonyl (C=O) groups is 2. The normalized spacial score (nSPS) is 15.7. The third kappa shape index (κ3) is 5.89. The van der Waals surface area contributed by atoms with Crippen molar-refractivity contribution in [1.29, 1.82) is 0 Å². The van der Waals surface area contributed by atoms with Gasteiger partial charge >= 0.3 is 5.97 Å². The maximum absolute atomic E-state index is 12.4. The molecule has 1 aliphatic rings. The van der Waals surface area contributed by atoms with Crippen LogP contribution in [0, 0.1) is 0 Å². The van der Waals surface area contributed by atoms with Crippen molar-refractivity contribution in [2.24, 2.45) is 16.5 Å². The van der Waals surface area contributed by atoms with Gasteiger partial charge in [0.2, 0.25) is 0 Å². The Kier molecular flexibility index (Phi) is 7.52. The van der Waals surface area contributed by atoms with Crippen LogP contribution in [0.4, 0.5) is 11.5 Å². The van der Waals surface area contributed by atoms with Gasteiger partial charge in [-0.1, -0.05) is 0 Å². The van der Waals surface area contributed by atoms with E-state index in [1.165, 1.54) is 6.20 Å². The Labute approximate surface area is 184 Å². The van der Waals surface area contributed by atoms with Gasteiger partial charge in [0.25, 0.3) is 5.91 Å². The monoisotopic (exact) mass is 442 g/mol. The number of anilines is 1. The Morgan fingerprint density at radius 1 is 1.22 bits per heavy atom. The molecule has 0 fully saturated rings. The van der Waals surface area contributed by atoms with Gasteiger partial charge in [0.1, 0.15) is 11.7 Å². The molecule has 12 heteroatoms. The van der Waals surface area contributed by atoms with Crippen LogP contribution in [0.3, 0.4) is 0 Å². The largest absolute Gasteiger partial charge is 0.480 e. The molecule has 1 aromatic heterocycles. The molecule has 1 unspecified atom stereocenters. The van der Waals surface area contributed by atoms with Gasteiger partial charge in [-0.25, -0.2) is 14.8 Å². The molecule has 0 aliphatic carbocycles. The first-order chi connectivity index (χ1) is 15.4. The molecule has 0 radical (unpaired) electrons. The number of nitrogens with two attached hydrogens (primary N) is 2. The van der Waals surface area contributed by atoms with Gasteiger partial charge < -0.3 is 37.6 Å². The van der Waals surface area contributed by atoms with Gasteiger partial charge in [0.15, 0.2) is 18.0 Å². The summed E-state index contributed by atoms with van der Waals surface area (Å²) in [4.78, 5) is 36.2. The zero-order valence-electron chi connectivity index (χ0n) is 17.3. The highest BCUT2D eigenvalue weighted by Gasteiger charge is 2.22. The maximum Gasteiger partial charge on any atom is 0.326 e. The van der Waals surface area contributed by atoms with E-state index < -0.39 is 24.1 Å². The number of aromatic nitrogens is 2. The van der Waals surface area contributed by atoms with E-state index >= 15 is 0 Å². The molecular formula is C20H26N8O4. The number of aliphatic hydroxyl groups is 1. The molecule has 0 bridgehead atoms. The number of carboxylic acids is 1. The van der Waals surface area contributed by atoms with Gasteiger partial charge in [-0.2, -0.15) is 4.99 Å². The summed E-state index contributed by atoms with van der Waals surface area (Å²) in [5, 5.41) is 27.6. The predicted molar refractivity (Wildman–Crippen MR) is 117 cm³/mol. The highest BCUT2D eigenvalue weighted by atomic mass is 16.4. The lowest BCUT2D eigenvalue weighted by atomic mass is 10.1. The summed E-state index contributed by atoms with van der Waals surface area (Å²) in [7, 11) is 0. The van der Waals surface area contributed by atoms with Crippen molar-refractivity contribution in [3.63, 3.8) is 0 Å². The molecule has 32 heavy (non-hydrogen) atoms. The summed E-state index contributed by atoms with van der Waals surface area (Å²) >= 11 is 0. The first-order valence-corrected chi connectivity index (χ1v) is 10.1. The molecule has 2 atom stereocenters. The lowest BCUT2D eigenvalue weighted by Crippen LogP contribution is -2.40. The first-order valence-electron chi connectivity index (χ1n) is 10.1. The fourth-order valence-corrected chi connectivity index (χ4v) is 3.07. The van der Waals surface area contributed by atoms with Crippen LogP contribution < -0.4 is 27.4 Å². The molecule has 2 aromatic rings. The Morgan fingerprint density at radius 2 is 1.97 bits per heavy atom. The average Bonchev–Trinajstić information content (AvgIpc) is 2.77. The van der Waals surface area contributed by atoms with Crippen molar-refractivity contribution in [3.05, 3.63) is 47.4 Å². The van der Waals surface area contributed by atoms with E-state index in [0.29, 0.717) is 43.6 Å². The number of aliphatic hydroxyl groups excluding tert-OH is 1. The maximum atomic E-state index is 12.4. The summed E-state index contributed by atoms with van der Waals surface area (Å²) in [6.45, 7) is 0.797. The number of unbranched alkanes of at least 4 members (excludes halogenated alkanes) is 1. The number of hydrogen-bond donors (Lipinski definition) is 7. The minimum Gasteiger partial charge on any atom is -0.480 e. The SMILES string of the molecule is NCCCC[C@H](NC(=O)c1ccc(NCc2cnc3c(n2)C(O)NC(N)=N3)cc1)C(=O)O. The van der Waals surface area contributed by atoms with Gasteiger partial charge in [-0.15, -0.1) is 0 Å². The second kappa shape index (κ2) is 10.5. The number of benzene rings is 1. The third-order valence-electron chi connectivity index (χ3n) is 4.77. The van der Waals surface area contributed by atoms with Crippen LogP contribution in [0.5, 0.6) is 0 Å². The minimum atomic E-state index is -1.09. The van der Waals surface area contributed by atoms with E-state index in [2.05, 4.69) is 30.9 Å². The second-order valence-corrected chi connectivity index (χ2v) is 7.19. The van der Waals surface area contributed by atoms with Crippen molar-refractivity contribution >= 4 is 29.3 Å². The van der Waals surface area contributed by atoms with Crippen molar-refractivity contribution < 1.29 is 19.8 Å². The smallest absolute Gasteiger partial charge is 0.326 e. The number of rotatable bonds is 10. The van der Waals surface area contributed by atoms with Gasteiger partial charge in [0.05, 0.1) is 18.4 Å². The molecular weight excluding hydrogens is 416 g/mol. The molecule has 1 aromatic carbocycles. The Morgan fingerprint density at radius 3 is 2.66 bits per heavy atom. The lowest BCUT2D eigenvalue weighted by molar-refractivity contribution is -0.139. The zero-order valence-corrected chi connectivity index (χ0v) is 17.3. The van der Waals surface area contributed by atoms with E-state index in [0.717, 1.165) is 5.69 Å². The highest BCUT2D eigenvalue weighted by molar-refractivity contribution is 5.96. The van der Waals surface area contributed by atoms with E-state index in [1.807, 2.05) is 0 Å². The molecule has 2 heterocycles. The van der Waals surface area contributed by atoms with Crippen molar-refractivity contribution in [1.82, 2.24) is 20.6 Å². The average molecular weight is 442 g/mol. The van der Waals surface area contributed by atoms with Crippen LogP contribution in [0.1, 0.15) is 47.2 Å². The van der Waals surface area contributed by atoms with Gasteiger partial charge in [0, 0.05) is 11.3 Å². The van der Waals surface area contributed by atoms with E-state index in [1.54, 1.807) is 24.3 Å². The summed E-state index contributed by atoms with van der Waals surface area (Å²) in [6, 6.07) is 5.64. The fraction of sp³-hybridized carbons (Fsp3) is 0.350. The molecule has 9 N–H and O–H groups in total. The predicted octanol–water partition coefficient (Wildman–Crippen LogP) is -0.0590. The number of carboxylic acid groups (broad SMARTS) is 1. The Balaban J connectivity index is 1.57. The van der Waals surface area contributed by atoms with Crippen molar-refractivity contribution in [3.8, 4) is 0 Å². The van der Waals surface area contributed by atoms with Gasteiger partial charge in [-0.05, 0) is 50.1 Å². The zero-order chi connectivity index (χ0) is 23.1. The molecule has 1 aliphatic heterocycles. The topological polar surface area (TPSA) is 201 Å². The molecule has 0 saturated carbocycles. The van der Waals surface area contributed by atoms with Crippen LogP contribution in [-0.4, -0.2) is 50.6 Å². The number of hydrogen-bond acceptors (Lipinski definition) is 10. The minimum absolute atomic E-state index is 0.0690. The van der Waals surface area contributed by atoms with Crippen LogP contribution in [0.2, 0.25) is 0 Å². The Bertz CT molecular complexity index is 996. The number of aliphatic carboxylic acids is 1. The number of aliphatic imine (C=N–C) groups is 1. The molecule has 12 nitrogen and oxygen atoms in total. The van der Waals surface area contributed by atoms with Crippen molar-refractivity contribution in [2.45, 2.75) is 38.1 Å². The molecule has 0 spiro atoms. The third-order valence-corrected chi connectivity index (χ3v) is 4.77. The fourth-order valence-electron chi connectivity index (χ4n) is 3.07. The van der Waals surface area contributed by atoms with Crippen LogP contribution in [0.15, 0.2) is 35.5 Å². The van der Waals surface area contributed by atoms with Gasteiger partial charge in [-0.3, -0.25) is 4.79 Å². The van der Waals surface area contributed by atoms with E-state index in [9.17, 15) is 19.8 Å². The number of amides is 1. The van der Waals surface area contributed by atoms with Crippen LogP contribution >= 0.6 is 0 Å². The van der Waals surface area contributed by atoms with E-state index in [4.69, 9.17) is 11.5 Å². The van der Waals surface area contributed by atoms with Crippen LogP contribution in [0.25, 0.3) is 0 Å². The summed E-state index contributed by atoms with van der Waals surface area (Å²) in [6.07, 6.45) is 2.08. The molecule has 170 valence electrons. The number of guanidine groups is 1. The standard InChI is InChI=1S/C20H26N8O4/c21-8-2-1-3-14(19(31)32)26-17(29)11-4-6-12(7-5-11)23-9-13-10-24-16-15(25-13)18(30)28-20(22)27-16/h4-7,10,14,18,23,30H,1-3,8-9,21H2,(H,26,29)(H,31,32)(H3,22,24,27,28)/t14-,18?/m0/s1. The summed E-state index contributed by atoms with van der Waals surface area (Å²) in [5.74, 6) is -1.21. The second-order valence-electron chi connectivity index (χ2n) is 7.19. The number of nitrogens with one attached hydrogen (secondary N) is 3. The lowest BCUT2D eigenvalue weighted by Gasteiger charge is -2.19.